The molecule has 0 fully saturated rings. The van der Waals surface area contributed by atoms with Crippen molar-refractivity contribution in [1.82, 2.24) is 15.1 Å². The summed E-state index contributed by atoms with van der Waals surface area (Å²) in [5.41, 5.74) is 0.975. The summed E-state index contributed by atoms with van der Waals surface area (Å²) in [6.45, 7) is 2.50. The van der Waals surface area contributed by atoms with Gasteiger partial charge in [-0.25, -0.2) is 0 Å². The number of nitro groups is 1. The normalized spacial score (nSPS) is 10.6. The Balaban J connectivity index is 1.67. The van der Waals surface area contributed by atoms with E-state index < -0.39 is 0 Å². The first-order valence-corrected chi connectivity index (χ1v) is 6.68. The molecule has 0 saturated heterocycles. The van der Waals surface area contributed by atoms with Gasteiger partial charge in [-0.05, 0) is 32.0 Å². The van der Waals surface area contributed by atoms with Gasteiger partial charge in [0.25, 0.3) is 5.69 Å². The number of rotatable bonds is 8. The molecular weight excluding hydrogens is 256 g/mol. The highest BCUT2D eigenvalue weighted by Gasteiger charge is 2.10. The molecule has 6 heteroatoms. The van der Waals surface area contributed by atoms with E-state index in [1.165, 1.54) is 0 Å². The van der Waals surface area contributed by atoms with E-state index in [4.69, 9.17) is 0 Å². The number of nitrogens with zero attached hydrogens (tertiary/aromatic N) is 3. The van der Waals surface area contributed by atoms with Crippen molar-refractivity contribution in [1.29, 1.82) is 0 Å². The van der Waals surface area contributed by atoms with Gasteiger partial charge < -0.3 is 5.32 Å². The molecule has 2 aromatic rings. The van der Waals surface area contributed by atoms with Crippen molar-refractivity contribution in [2.75, 3.05) is 13.1 Å². The Morgan fingerprint density at radius 3 is 2.85 bits per heavy atom. The summed E-state index contributed by atoms with van der Waals surface area (Å²) in [5.74, 6) is 0. The Morgan fingerprint density at radius 2 is 2.10 bits per heavy atom. The second kappa shape index (κ2) is 7.40. The molecule has 0 saturated carbocycles. The predicted molar refractivity (Wildman–Crippen MR) is 76.5 cm³/mol. The first-order chi connectivity index (χ1) is 9.77. The van der Waals surface area contributed by atoms with Gasteiger partial charge in [0, 0.05) is 30.6 Å². The van der Waals surface area contributed by atoms with Gasteiger partial charge in [-0.1, -0.05) is 18.2 Å². The fourth-order valence-electron chi connectivity index (χ4n) is 2.05. The van der Waals surface area contributed by atoms with Gasteiger partial charge in [0.15, 0.2) is 0 Å². The predicted octanol–water partition coefficient (Wildman–Crippen LogP) is 2.01. The molecule has 1 aromatic heterocycles. The van der Waals surface area contributed by atoms with Crippen LogP contribution in [0.5, 0.6) is 0 Å². The quantitative estimate of drug-likeness (QED) is 0.454. The van der Waals surface area contributed by atoms with E-state index in [9.17, 15) is 10.1 Å². The van der Waals surface area contributed by atoms with Crippen molar-refractivity contribution in [3.05, 3.63) is 58.4 Å². The second-order valence-corrected chi connectivity index (χ2v) is 4.51. The average molecular weight is 274 g/mol. The zero-order valence-electron chi connectivity index (χ0n) is 11.2. The van der Waals surface area contributed by atoms with Crippen LogP contribution in [0.3, 0.4) is 0 Å². The van der Waals surface area contributed by atoms with Crippen molar-refractivity contribution in [3.63, 3.8) is 0 Å². The van der Waals surface area contributed by atoms with Crippen LogP contribution in [-0.2, 0) is 13.0 Å². The molecule has 1 aromatic carbocycles. The Kier molecular flexibility index (Phi) is 5.25. The van der Waals surface area contributed by atoms with E-state index in [-0.39, 0.29) is 10.6 Å². The molecule has 6 nitrogen and oxygen atoms in total. The van der Waals surface area contributed by atoms with Crippen molar-refractivity contribution in [2.24, 2.45) is 0 Å². The van der Waals surface area contributed by atoms with Crippen LogP contribution in [0.15, 0.2) is 42.7 Å². The highest BCUT2D eigenvalue weighted by molar-refractivity contribution is 5.39. The Hall–Kier alpha value is -2.21. The maximum absolute atomic E-state index is 10.9. The lowest BCUT2D eigenvalue weighted by Crippen LogP contribution is -2.20. The van der Waals surface area contributed by atoms with E-state index >= 15 is 0 Å². The van der Waals surface area contributed by atoms with Crippen LogP contribution in [-0.4, -0.2) is 27.8 Å². The lowest BCUT2D eigenvalue weighted by Gasteiger charge is -2.06. The van der Waals surface area contributed by atoms with Gasteiger partial charge in [-0.2, -0.15) is 5.10 Å². The van der Waals surface area contributed by atoms with Crippen molar-refractivity contribution in [2.45, 2.75) is 19.4 Å². The monoisotopic (exact) mass is 274 g/mol. The lowest BCUT2D eigenvalue weighted by molar-refractivity contribution is -0.385. The number of hydrogen-bond donors (Lipinski definition) is 1. The number of para-hydroxylation sites is 1. The summed E-state index contributed by atoms with van der Waals surface area (Å²) in [5, 5.41) is 18.3. The molecule has 0 bridgehead atoms. The molecule has 1 heterocycles. The summed E-state index contributed by atoms with van der Waals surface area (Å²) in [7, 11) is 0. The van der Waals surface area contributed by atoms with Crippen LogP contribution in [0, 0.1) is 10.1 Å². The maximum Gasteiger partial charge on any atom is 0.272 e. The molecule has 0 aliphatic carbocycles. The fourth-order valence-corrected chi connectivity index (χ4v) is 2.05. The lowest BCUT2D eigenvalue weighted by atomic mass is 10.1. The van der Waals surface area contributed by atoms with E-state index in [1.807, 2.05) is 29.1 Å². The minimum atomic E-state index is -0.326. The molecule has 0 unspecified atom stereocenters. The summed E-state index contributed by atoms with van der Waals surface area (Å²) in [4.78, 5) is 10.5. The standard InChI is InChI=1S/C14H18N4O2/c19-18(20)14-6-2-1-5-13(14)7-10-15-8-3-11-17-12-4-9-16-17/h1-2,4-6,9,12,15H,3,7-8,10-11H2. The molecule has 0 aliphatic rings. The first kappa shape index (κ1) is 14.2. The number of benzene rings is 1. The fraction of sp³-hybridized carbons (Fsp3) is 0.357. The summed E-state index contributed by atoms with van der Waals surface area (Å²) >= 11 is 0. The Morgan fingerprint density at radius 1 is 1.25 bits per heavy atom. The maximum atomic E-state index is 10.9. The summed E-state index contributed by atoms with van der Waals surface area (Å²) in [6.07, 6.45) is 5.35. The van der Waals surface area contributed by atoms with Crippen LogP contribution in [0.1, 0.15) is 12.0 Å². The third-order valence-electron chi connectivity index (χ3n) is 3.06. The molecule has 0 atom stereocenters. The molecular formula is C14H18N4O2. The molecule has 0 radical (unpaired) electrons. The number of aromatic nitrogens is 2. The number of nitro benzene ring substituents is 1. The molecule has 0 aliphatic heterocycles. The number of aryl methyl sites for hydroxylation is 1. The number of nitrogens with one attached hydrogen (secondary N) is 1. The van der Waals surface area contributed by atoms with Gasteiger partial charge in [-0.3, -0.25) is 14.8 Å². The van der Waals surface area contributed by atoms with Crippen molar-refractivity contribution < 1.29 is 4.92 Å². The van der Waals surface area contributed by atoms with E-state index in [0.717, 1.165) is 31.6 Å². The summed E-state index contributed by atoms with van der Waals surface area (Å²) in [6, 6.07) is 8.79. The molecule has 0 spiro atoms. The minimum Gasteiger partial charge on any atom is -0.316 e. The van der Waals surface area contributed by atoms with Gasteiger partial charge >= 0.3 is 0 Å². The van der Waals surface area contributed by atoms with Crippen LogP contribution in [0.25, 0.3) is 0 Å². The van der Waals surface area contributed by atoms with Gasteiger partial charge in [0.05, 0.1) is 4.92 Å². The van der Waals surface area contributed by atoms with Crippen LogP contribution < -0.4 is 5.32 Å². The summed E-state index contributed by atoms with van der Waals surface area (Å²) < 4.78 is 1.89. The van der Waals surface area contributed by atoms with Gasteiger partial charge in [0.1, 0.15) is 0 Å². The van der Waals surface area contributed by atoms with Crippen molar-refractivity contribution >= 4 is 5.69 Å². The molecule has 2 rings (SSSR count). The van der Waals surface area contributed by atoms with Gasteiger partial charge in [0.2, 0.25) is 0 Å². The second-order valence-electron chi connectivity index (χ2n) is 4.51. The Bertz CT molecular complexity index is 540. The zero-order chi connectivity index (χ0) is 14.2. The Labute approximate surface area is 117 Å². The van der Waals surface area contributed by atoms with Crippen LogP contribution >= 0.6 is 0 Å². The van der Waals surface area contributed by atoms with Crippen molar-refractivity contribution in [3.8, 4) is 0 Å². The van der Waals surface area contributed by atoms with E-state index in [2.05, 4.69) is 10.4 Å². The smallest absolute Gasteiger partial charge is 0.272 e. The first-order valence-electron chi connectivity index (χ1n) is 6.68. The van der Waals surface area contributed by atoms with Crippen LogP contribution in [0.2, 0.25) is 0 Å². The highest BCUT2D eigenvalue weighted by atomic mass is 16.6. The molecule has 0 amide bonds. The highest BCUT2D eigenvalue weighted by Crippen LogP contribution is 2.17. The third-order valence-corrected chi connectivity index (χ3v) is 3.06. The number of hydrogen-bond acceptors (Lipinski definition) is 4. The van der Waals surface area contributed by atoms with E-state index in [1.54, 1.807) is 18.3 Å². The zero-order valence-corrected chi connectivity index (χ0v) is 11.2. The topological polar surface area (TPSA) is 73.0 Å². The largest absolute Gasteiger partial charge is 0.316 e. The molecule has 20 heavy (non-hydrogen) atoms. The van der Waals surface area contributed by atoms with Gasteiger partial charge in [-0.15, -0.1) is 0 Å². The average Bonchev–Trinajstić information content (AvgIpc) is 2.96. The molecule has 106 valence electrons. The molecule has 1 N–H and O–H groups in total. The van der Waals surface area contributed by atoms with Crippen LogP contribution in [0.4, 0.5) is 5.69 Å². The SMILES string of the molecule is O=[N+]([O-])c1ccccc1CCNCCCn1cccn1. The third kappa shape index (κ3) is 4.17. The minimum absolute atomic E-state index is 0.200. The van der Waals surface area contributed by atoms with E-state index in [0.29, 0.717) is 6.42 Å².